The van der Waals surface area contributed by atoms with Crippen LogP contribution in [0.2, 0.25) is 0 Å². The van der Waals surface area contributed by atoms with Crippen LogP contribution in [0, 0.1) is 0 Å². The van der Waals surface area contributed by atoms with Crippen molar-refractivity contribution in [2.45, 2.75) is 31.8 Å². The van der Waals surface area contributed by atoms with Crippen molar-refractivity contribution < 1.29 is 4.74 Å². The summed E-state index contributed by atoms with van der Waals surface area (Å²) < 4.78 is 5.63. The SMILES string of the molecule is c1cc(NCC2CCCO2)nc(Nc2ccc(N3CCCC3)cc2)n1. The monoisotopic (exact) mass is 339 g/mol. The highest BCUT2D eigenvalue weighted by Crippen LogP contribution is 2.23. The Kier molecular flexibility index (Phi) is 4.97. The van der Waals surface area contributed by atoms with Gasteiger partial charge >= 0.3 is 0 Å². The van der Waals surface area contributed by atoms with Crippen molar-refractivity contribution in [3.8, 4) is 0 Å². The van der Waals surface area contributed by atoms with Crippen LogP contribution in [-0.2, 0) is 4.74 Å². The molecular weight excluding hydrogens is 314 g/mol. The lowest BCUT2D eigenvalue weighted by atomic mass is 10.2. The van der Waals surface area contributed by atoms with E-state index in [0.717, 1.165) is 50.6 Å². The van der Waals surface area contributed by atoms with Crippen molar-refractivity contribution in [2.75, 3.05) is 41.8 Å². The Morgan fingerprint density at radius 1 is 1.08 bits per heavy atom. The number of ether oxygens (including phenoxy) is 1. The van der Waals surface area contributed by atoms with Crippen LogP contribution in [0.4, 0.5) is 23.1 Å². The van der Waals surface area contributed by atoms with Gasteiger partial charge in [-0.05, 0) is 56.0 Å². The molecule has 25 heavy (non-hydrogen) atoms. The molecule has 1 aromatic carbocycles. The number of anilines is 4. The van der Waals surface area contributed by atoms with Gasteiger partial charge in [0.2, 0.25) is 5.95 Å². The second-order valence-corrected chi connectivity index (χ2v) is 6.65. The van der Waals surface area contributed by atoms with Crippen LogP contribution in [0.25, 0.3) is 0 Å². The third-order valence-corrected chi connectivity index (χ3v) is 4.79. The van der Waals surface area contributed by atoms with E-state index in [1.54, 1.807) is 6.20 Å². The molecular formula is C19H25N5O. The fourth-order valence-electron chi connectivity index (χ4n) is 3.40. The number of nitrogens with one attached hydrogen (secondary N) is 2. The van der Waals surface area contributed by atoms with Gasteiger partial charge in [0.1, 0.15) is 5.82 Å². The van der Waals surface area contributed by atoms with Crippen molar-refractivity contribution in [3.05, 3.63) is 36.5 Å². The van der Waals surface area contributed by atoms with Crippen LogP contribution in [0.3, 0.4) is 0 Å². The van der Waals surface area contributed by atoms with Crippen LogP contribution in [-0.4, -0.2) is 42.3 Å². The predicted molar refractivity (Wildman–Crippen MR) is 101 cm³/mol. The molecule has 132 valence electrons. The maximum atomic E-state index is 5.63. The van der Waals surface area contributed by atoms with Crippen LogP contribution >= 0.6 is 0 Å². The first-order chi connectivity index (χ1) is 12.4. The molecule has 2 aromatic rings. The Labute approximate surface area is 148 Å². The summed E-state index contributed by atoms with van der Waals surface area (Å²) in [6.45, 7) is 3.99. The van der Waals surface area contributed by atoms with E-state index in [1.165, 1.54) is 18.5 Å². The molecule has 0 radical (unpaired) electrons. The summed E-state index contributed by atoms with van der Waals surface area (Å²) in [5.41, 5.74) is 2.29. The maximum absolute atomic E-state index is 5.63. The van der Waals surface area contributed by atoms with E-state index in [0.29, 0.717) is 12.1 Å². The van der Waals surface area contributed by atoms with Gasteiger partial charge in [-0.3, -0.25) is 0 Å². The third kappa shape index (κ3) is 4.20. The molecule has 6 heteroatoms. The van der Waals surface area contributed by atoms with E-state index in [2.05, 4.69) is 49.8 Å². The van der Waals surface area contributed by atoms with Gasteiger partial charge in [-0.2, -0.15) is 4.98 Å². The molecule has 2 aliphatic rings. The number of hydrogen-bond acceptors (Lipinski definition) is 6. The summed E-state index contributed by atoms with van der Waals surface area (Å²) in [4.78, 5) is 11.3. The van der Waals surface area contributed by atoms with E-state index in [1.807, 2.05) is 6.07 Å². The molecule has 0 saturated carbocycles. The molecule has 0 amide bonds. The van der Waals surface area contributed by atoms with Gasteiger partial charge in [0.15, 0.2) is 0 Å². The smallest absolute Gasteiger partial charge is 0.229 e. The topological polar surface area (TPSA) is 62.3 Å². The van der Waals surface area contributed by atoms with E-state index in [4.69, 9.17) is 4.74 Å². The summed E-state index contributed by atoms with van der Waals surface area (Å²) in [6, 6.07) is 10.4. The summed E-state index contributed by atoms with van der Waals surface area (Å²) in [7, 11) is 0. The predicted octanol–water partition coefficient (Wildman–Crippen LogP) is 3.41. The summed E-state index contributed by atoms with van der Waals surface area (Å²) in [5, 5.41) is 6.61. The molecule has 2 saturated heterocycles. The zero-order chi connectivity index (χ0) is 16.9. The van der Waals surface area contributed by atoms with Crippen LogP contribution in [0.1, 0.15) is 25.7 Å². The Balaban J connectivity index is 1.35. The molecule has 4 rings (SSSR count). The van der Waals surface area contributed by atoms with Crippen LogP contribution < -0.4 is 15.5 Å². The summed E-state index contributed by atoms with van der Waals surface area (Å²) in [6.07, 6.45) is 6.91. The van der Waals surface area contributed by atoms with Crippen molar-refractivity contribution >= 4 is 23.1 Å². The minimum Gasteiger partial charge on any atom is -0.376 e. The Hall–Kier alpha value is -2.34. The quantitative estimate of drug-likeness (QED) is 0.841. The molecule has 0 spiro atoms. The van der Waals surface area contributed by atoms with Gasteiger partial charge in [-0.15, -0.1) is 0 Å². The van der Waals surface area contributed by atoms with E-state index >= 15 is 0 Å². The molecule has 2 aliphatic heterocycles. The van der Waals surface area contributed by atoms with Gasteiger partial charge in [0.25, 0.3) is 0 Å². The first-order valence-corrected chi connectivity index (χ1v) is 9.17. The van der Waals surface area contributed by atoms with Gasteiger partial charge < -0.3 is 20.3 Å². The number of nitrogens with zero attached hydrogens (tertiary/aromatic N) is 3. The van der Waals surface area contributed by atoms with Gasteiger partial charge in [-0.1, -0.05) is 0 Å². The van der Waals surface area contributed by atoms with Gasteiger partial charge in [-0.25, -0.2) is 4.98 Å². The summed E-state index contributed by atoms with van der Waals surface area (Å²) in [5.74, 6) is 1.42. The molecule has 0 bridgehead atoms. The number of rotatable bonds is 6. The lowest BCUT2D eigenvalue weighted by Crippen LogP contribution is -2.19. The first kappa shape index (κ1) is 16.1. The lowest BCUT2D eigenvalue weighted by Gasteiger charge is -2.17. The van der Waals surface area contributed by atoms with Crippen molar-refractivity contribution in [1.82, 2.24) is 9.97 Å². The molecule has 6 nitrogen and oxygen atoms in total. The third-order valence-electron chi connectivity index (χ3n) is 4.79. The minimum absolute atomic E-state index is 0.296. The van der Waals surface area contributed by atoms with Gasteiger partial charge in [0, 0.05) is 43.8 Å². The second kappa shape index (κ2) is 7.70. The fraction of sp³-hybridized carbons (Fsp3) is 0.474. The number of benzene rings is 1. The first-order valence-electron chi connectivity index (χ1n) is 9.17. The van der Waals surface area contributed by atoms with Crippen LogP contribution in [0.5, 0.6) is 0 Å². The molecule has 1 unspecified atom stereocenters. The van der Waals surface area contributed by atoms with Crippen molar-refractivity contribution in [2.24, 2.45) is 0 Å². The Morgan fingerprint density at radius 3 is 2.68 bits per heavy atom. The van der Waals surface area contributed by atoms with Gasteiger partial charge in [0.05, 0.1) is 6.10 Å². The highest BCUT2D eigenvalue weighted by atomic mass is 16.5. The minimum atomic E-state index is 0.296. The molecule has 2 fully saturated rings. The van der Waals surface area contributed by atoms with E-state index in [-0.39, 0.29) is 0 Å². The Morgan fingerprint density at radius 2 is 1.92 bits per heavy atom. The zero-order valence-corrected chi connectivity index (χ0v) is 14.4. The largest absolute Gasteiger partial charge is 0.376 e. The fourth-order valence-corrected chi connectivity index (χ4v) is 3.40. The molecule has 3 heterocycles. The Bertz CT molecular complexity index is 678. The summed E-state index contributed by atoms with van der Waals surface area (Å²) >= 11 is 0. The molecule has 1 atom stereocenters. The van der Waals surface area contributed by atoms with Crippen molar-refractivity contribution in [3.63, 3.8) is 0 Å². The maximum Gasteiger partial charge on any atom is 0.229 e. The molecule has 1 aromatic heterocycles. The number of hydrogen-bond donors (Lipinski definition) is 2. The normalized spacial score (nSPS) is 20.0. The second-order valence-electron chi connectivity index (χ2n) is 6.65. The van der Waals surface area contributed by atoms with E-state index in [9.17, 15) is 0 Å². The van der Waals surface area contributed by atoms with Crippen molar-refractivity contribution in [1.29, 1.82) is 0 Å². The van der Waals surface area contributed by atoms with Crippen LogP contribution in [0.15, 0.2) is 36.5 Å². The highest BCUT2D eigenvalue weighted by Gasteiger charge is 2.15. The average molecular weight is 339 g/mol. The average Bonchev–Trinajstić information content (AvgIpc) is 3.35. The lowest BCUT2D eigenvalue weighted by molar-refractivity contribution is 0.120. The molecule has 0 aliphatic carbocycles. The zero-order valence-electron chi connectivity index (χ0n) is 14.4. The molecule has 2 N–H and O–H groups in total. The highest BCUT2D eigenvalue weighted by molar-refractivity contribution is 5.60. The standard InChI is InChI=1S/C19H25N5O/c1-2-12-24(11-1)16-7-5-15(6-8-16)22-19-20-10-9-18(23-19)21-14-17-4-3-13-25-17/h5-10,17H,1-4,11-14H2,(H2,20,21,22,23). The number of aromatic nitrogens is 2. The van der Waals surface area contributed by atoms with E-state index < -0.39 is 0 Å².